The van der Waals surface area contributed by atoms with Gasteiger partial charge in [-0.25, -0.2) is 0 Å². The second-order valence-corrected chi connectivity index (χ2v) is 4.27. The number of hydrogen-bond acceptors (Lipinski definition) is 4. The molecule has 0 saturated heterocycles. The summed E-state index contributed by atoms with van der Waals surface area (Å²) in [4.78, 5) is 10.8. The number of carbonyl (C=O) groups excluding carboxylic acids is 1. The molecule has 0 radical (unpaired) electrons. The van der Waals surface area contributed by atoms with Gasteiger partial charge in [0.15, 0.2) is 0 Å². The van der Waals surface area contributed by atoms with Crippen molar-refractivity contribution < 1.29 is 19.0 Å². The molecule has 0 unspecified atom stereocenters. The van der Waals surface area contributed by atoms with Gasteiger partial charge in [-0.2, -0.15) is 0 Å². The van der Waals surface area contributed by atoms with Gasteiger partial charge in [0.05, 0.1) is 20.8 Å². The van der Waals surface area contributed by atoms with Crippen LogP contribution in [0.4, 0.5) is 0 Å². The lowest BCUT2D eigenvalue weighted by Gasteiger charge is -2.18. The Labute approximate surface area is 108 Å². The summed E-state index contributed by atoms with van der Waals surface area (Å²) in [5, 5.41) is 0. The highest BCUT2D eigenvalue weighted by atomic mass is 16.5. The van der Waals surface area contributed by atoms with Crippen LogP contribution in [0, 0.1) is 6.92 Å². The van der Waals surface area contributed by atoms with Crippen molar-refractivity contribution in [2.24, 2.45) is 0 Å². The van der Waals surface area contributed by atoms with E-state index in [2.05, 4.69) is 0 Å². The highest BCUT2D eigenvalue weighted by Crippen LogP contribution is 2.33. The summed E-state index contributed by atoms with van der Waals surface area (Å²) in [6.07, 6.45) is 0. The summed E-state index contributed by atoms with van der Waals surface area (Å²) < 4.78 is 15.7. The Morgan fingerprint density at radius 1 is 1.22 bits per heavy atom. The van der Waals surface area contributed by atoms with E-state index in [-0.39, 0.29) is 11.9 Å². The van der Waals surface area contributed by atoms with Crippen molar-refractivity contribution in [1.29, 1.82) is 0 Å². The Kier molecular flexibility index (Phi) is 5.01. The normalized spacial score (nSPS) is 11.8. The predicted molar refractivity (Wildman–Crippen MR) is 69.3 cm³/mol. The molecule has 0 N–H and O–H groups in total. The van der Waals surface area contributed by atoms with E-state index in [9.17, 15) is 4.79 Å². The maximum atomic E-state index is 10.8. The first-order chi connectivity index (χ1) is 8.49. The van der Waals surface area contributed by atoms with Crippen molar-refractivity contribution in [3.63, 3.8) is 0 Å². The summed E-state index contributed by atoms with van der Waals surface area (Å²) in [5.74, 6) is 1.37. The van der Waals surface area contributed by atoms with Crippen LogP contribution < -0.4 is 9.47 Å². The second kappa shape index (κ2) is 6.28. The molecule has 1 atom stereocenters. The molecule has 0 fully saturated rings. The van der Waals surface area contributed by atoms with Gasteiger partial charge in [-0.1, -0.05) is 6.92 Å². The maximum Gasteiger partial charge on any atom is 0.302 e. The average Bonchev–Trinajstić information content (AvgIpc) is 2.35. The van der Waals surface area contributed by atoms with Crippen molar-refractivity contribution in [3.8, 4) is 11.5 Å². The average molecular weight is 252 g/mol. The number of rotatable bonds is 5. The van der Waals surface area contributed by atoms with E-state index in [1.54, 1.807) is 14.2 Å². The first kappa shape index (κ1) is 14.4. The van der Waals surface area contributed by atoms with Crippen molar-refractivity contribution in [2.45, 2.75) is 26.7 Å². The monoisotopic (exact) mass is 252 g/mol. The van der Waals surface area contributed by atoms with Gasteiger partial charge < -0.3 is 14.2 Å². The van der Waals surface area contributed by atoms with Gasteiger partial charge in [0.2, 0.25) is 0 Å². The quantitative estimate of drug-likeness (QED) is 0.756. The Hall–Kier alpha value is -1.71. The molecule has 4 heteroatoms. The van der Waals surface area contributed by atoms with Crippen LogP contribution in [-0.4, -0.2) is 26.8 Å². The number of aryl methyl sites for hydroxylation is 1. The lowest BCUT2D eigenvalue weighted by molar-refractivity contribution is -0.141. The van der Waals surface area contributed by atoms with Crippen molar-refractivity contribution in [3.05, 3.63) is 23.3 Å². The van der Waals surface area contributed by atoms with Crippen LogP contribution in [0.5, 0.6) is 11.5 Å². The van der Waals surface area contributed by atoms with Crippen molar-refractivity contribution in [2.75, 3.05) is 20.8 Å². The lowest BCUT2D eigenvalue weighted by Crippen LogP contribution is -2.09. The first-order valence-electron chi connectivity index (χ1n) is 5.85. The van der Waals surface area contributed by atoms with Gasteiger partial charge in [0.25, 0.3) is 0 Å². The van der Waals surface area contributed by atoms with Crippen LogP contribution in [-0.2, 0) is 9.53 Å². The van der Waals surface area contributed by atoms with E-state index in [1.807, 2.05) is 26.0 Å². The molecule has 0 bridgehead atoms. The standard InChI is InChI=1S/C14H20O4/c1-9-6-14(17-5)12(7-13(9)16-4)10(2)8-18-11(3)15/h6-7,10H,8H2,1-5H3/t10-/m1/s1. The number of benzene rings is 1. The van der Waals surface area contributed by atoms with Crippen LogP contribution in [0.3, 0.4) is 0 Å². The number of esters is 1. The van der Waals surface area contributed by atoms with Gasteiger partial charge >= 0.3 is 5.97 Å². The Morgan fingerprint density at radius 2 is 1.83 bits per heavy atom. The fraction of sp³-hybridized carbons (Fsp3) is 0.500. The molecular formula is C14H20O4. The minimum absolute atomic E-state index is 0.0540. The van der Waals surface area contributed by atoms with E-state index in [4.69, 9.17) is 14.2 Å². The smallest absolute Gasteiger partial charge is 0.302 e. The third-order valence-corrected chi connectivity index (χ3v) is 2.81. The number of ether oxygens (including phenoxy) is 3. The summed E-state index contributed by atoms with van der Waals surface area (Å²) in [6, 6.07) is 3.86. The predicted octanol–water partition coefficient (Wildman–Crippen LogP) is 2.68. The fourth-order valence-corrected chi connectivity index (χ4v) is 1.79. The molecule has 0 aliphatic carbocycles. The minimum Gasteiger partial charge on any atom is -0.496 e. The van der Waals surface area contributed by atoms with Crippen molar-refractivity contribution in [1.82, 2.24) is 0 Å². The molecule has 0 saturated carbocycles. The van der Waals surface area contributed by atoms with E-state index in [0.717, 1.165) is 22.6 Å². The van der Waals surface area contributed by atoms with Crippen molar-refractivity contribution >= 4 is 5.97 Å². The van der Waals surface area contributed by atoms with E-state index < -0.39 is 0 Å². The Balaban J connectivity index is 3.01. The molecule has 100 valence electrons. The molecule has 18 heavy (non-hydrogen) atoms. The summed E-state index contributed by atoms with van der Waals surface area (Å²) in [7, 11) is 3.26. The molecule has 0 aliphatic heterocycles. The highest BCUT2D eigenvalue weighted by Gasteiger charge is 2.15. The number of methoxy groups -OCH3 is 2. The molecule has 0 amide bonds. The third-order valence-electron chi connectivity index (χ3n) is 2.81. The van der Waals surface area contributed by atoms with Gasteiger partial charge in [-0.05, 0) is 24.6 Å². The Morgan fingerprint density at radius 3 is 2.33 bits per heavy atom. The van der Waals surface area contributed by atoms with Gasteiger partial charge in [-0.15, -0.1) is 0 Å². The number of hydrogen-bond donors (Lipinski definition) is 0. The maximum absolute atomic E-state index is 10.8. The Bertz CT molecular complexity index is 426. The van der Waals surface area contributed by atoms with E-state index in [0.29, 0.717) is 6.61 Å². The molecule has 1 aromatic rings. The SMILES string of the molecule is COc1cc([C@H](C)COC(C)=O)c(OC)cc1C. The fourth-order valence-electron chi connectivity index (χ4n) is 1.79. The molecule has 0 aliphatic rings. The summed E-state index contributed by atoms with van der Waals surface area (Å²) in [5.41, 5.74) is 1.99. The zero-order chi connectivity index (χ0) is 13.7. The third kappa shape index (κ3) is 3.39. The molecule has 0 heterocycles. The van der Waals surface area contributed by atoms with Gasteiger partial charge in [0, 0.05) is 18.4 Å². The van der Waals surface area contributed by atoms with Crippen LogP contribution in [0.25, 0.3) is 0 Å². The topological polar surface area (TPSA) is 44.8 Å². The van der Waals surface area contributed by atoms with Crippen LogP contribution in [0.1, 0.15) is 30.9 Å². The largest absolute Gasteiger partial charge is 0.496 e. The lowest BCUT2D eigenvalue weighted by atomic mass is 9.98. The molecule has 1 rings (SSSR count). The molecule has 1 aromatic carbocycles. The molecule has 0 aromatic heterocycles. The molecule has 4 nitrogen and oxygen atoms in total. The molecule has 0 spiro atoms. The first-order valence-corrected chi connectivity index (χ1v) is 5.85. The minimum atomic E-state index is -0.278. The zero-order valence-electron chi connectivity index (χ0n) is 11.6. The van der Waals surface area contributed by atoms with Crippen LogP contribution >= 0.6 is 0 Å². The van der Waals surface area contributed by atoms with Gasteiger partial charge in [-0.3, -0.25) is 4.79 Å². The summed E-state index contributed by atoms with van der Waals surface area (Å²) >= 11 is 0. The molecular weight excluding hydrogens is 232 g/mol. The second-order valence-electron chi connectivity index (χ2n) is 4.27. The van der Waals surface area contributed by atoms with E-state index >= 15 is 0 Å². The van der Waals surface area contributed by atoms with Crippen LogP contribution in [0.15, 0.2) is 12.1 Å². The van der Waals surface area contributed by atoms with E-state index in [1.165, 1.54) is 6.92 Å². The number of carbonyl (C=O) groups is 1. The van der Waals surface area contributed by atoms with Crippen LogP contribution in [0.2, 0.25) is 0 Å². The zero-order valence-corrected chi connectivity index (χ0v) is 11.6. The van der Waals surface area contributed by atoms with Gasteiger partial charge in [0.1, 0.15) is 11.5 Å². The summed E-state index contributed by atoms with van der Waals surface area (Å²) in [6.45, 7) is 5.68. The highest BCUT2D eigenvalue weighted by molar-refractivity contribution is 5.66.